The normalized spacial score (nSPS) is 9.56. The van der Waals surface area contributed by atoms with Gasteiger partial charge in [-0.15, -0.1) is 0 Å². The number of nitrogens with zero attached hydrogens (tertiary/aromatic N) is 2. The van der Waals surface area contributed by atoms with E-state index in [1.807, 2.05) is 0 Å². The van der Waals surface area contributed by atoms with Crippen molar-refractivity contribution in [3.05, 3.63) is 24.5 Å². The maximum atomic E-state index is 11.6. The molecule has 0 aliphatic heterocycles. The van der Waals surface area contributed by atoms with Crippen molar-refractivity contribution in [1.82, 2.24) is 9.88 Å². The van der Waals surface area contributed by atoms with Gasteiger partial charge in [-0.3, -0.25) is 9.78 Å². The largest absolute Gasteiger partial charge is 0.480 e. The first kappa shape index (κ1) is 12.0. The van der Waals surface area contributed by atoms with Crippen LogP contribution in [0.3, 0.4) is 0 Å². The summed E-state index contributed by atoms with van der Waals surface area (Å²) in [7, 11) is 0. The van der Waals surface area contributed by atoms with Crippen LogP contribution in [-0.2, 0) is 4.79 Å². The Labute approximate surface area is 92.9 Å². The lowest BCUT2D eigenvalue weighted by Crippen LogP contribution is -2.38. The number of likely N-dealkylation sites (N-methyl/N-ethyl adjacent to an activating group) is 1. The molecule has 0 atom stereocenters. The third-order valence-electron chi connectivity index (χ3n) is 1.91. The Hall–Kier alpha value is -2.11. The van der Waals surface area contributed by atoms with E-state index in [2.05, 4.69) is 10.3 Å². The molecule has 0 saturated heterocycles. The molecule has 0 radical (unpaired) electrons. The molecular weight excluding hydrogens is 210 g/mol. The van der Waals surface area contributed by atoms with Crippen LogP contribution in [0.2, 0.25) is 0 Å². The van der Waals surface area contributed by atoms with E-state index in [1.54, 1.807) is 25.3 Å². The molecular formula is C10H13N3O3. The summed E-state index contributed by atoms with van der Waals surface area (Å²) in [5.41, 5.74) is 0.538. The number of hydrogen-bond donors (Lipinski definition) is 2. The van der Waals surface area contributed by atoms with Crippen molar-refractivity contribution >= 4 is 17.7 Å². The standard InChI is InChI=1S/C10H13N3O3/c1-2-13(7-9(14)15)10(16)12-8-4-3-5-11-6-8/h3-6H,2,7H2,1H3,(H,12,16)(H,14,15). The van der Waals surface area contributed by atoms with E-state index in [0.29, 0.717) is 12.2 Å². The number of amides is 2. The molecule has 0 fully saturated rings. The molecule has 0 unspecified atom stereocenters. The molecule has 1 rings (SSSR count). The van der Waals surface area contributed by atoms with Gasteiger partial charge in [0, 0.05) is 12.7 Å². The number of pyridine rings is 1. The van der Waals surface area contributed by atoms with Crippen molar-refractivity contribution in [3.63, 3.8) is 0 Å². The number of aliphatic carboxylic acids is 1. The van der Waals surface area contributed by atoms with Gasteiger partial charge < -0.3 is 15.3 Å². The quantitative estimate of drug-likeness (QED) is 0.798. The number of anilines is 1. The van der Waals surface area contributed by atoms with Crippen LogP contribution in [0.1, 0.15) is 6.92 Å². The van der Waals surface area contributed by atoms with Crippen molar-refractivity contribution in [3.8, 4) is 0 Å². The third-order valence-corrected chi connectivity index (χ3v) is 1.91. The smallest absolute Gasteiger partial charge is 0.323 e. The Kier molecular flexibility index (Phi) is 4.26. The fourth-order valence-corrected chi connectivity index (χ4v) is 1.13. The van der Waals surface area contributed by atoms with Crippen LogP contribution >= 0.6 is 0 Å². The number of aromatic nitrogens is 1. The SMILES string of the molecule is CCN(CC(=O)O)C(=O)Nc1cccnc1. The fourth-order valence-electron chi connectivity index (χ4n) is 1.13. The summed E-state index contributed by atoms with van der Waals surface area (Å²) in [5.74, 6) is -1.04. The Morgan fingerprint density at radius 1 is 1.56 bits per heavy atom. The second kappa shape index (κ2) is 5.69. The van der Waals surface area contributed by atoms with Crippen LogP contribution in [0.15, 0.2) is 24.5 Å². The van der Waals surface area contributed by atoms with Crippen molar-refractivity contribution in [2.45, 2.75) is 6.92 Å². The molecule has 0 aromatic carbocycles. The average Bonchev–Trinajstić information content (AvgIpc) is 2.26. The monoisotopic (exact) mass is 223 g/mol. The lowest BCUT2D eigenvalue weighted by molar-refractivity contribution is -0.137. The van der Waals surface area contributed by atoms with Crippen LogP contribution in [-0.4, -0.2) is 40.1 Å². The molecule has 0 aliphatic rings. The zero-order chi connectivity index (χ0) is 12.0. The predicted molar refractivity (Wildman–Crippen MR) is 58.1 cm³/mol. The molecule has 1 aromatic heterocycles. The number of urea groups is 1. The number of carbonyl (C=O) groups is 2. The van der Waals surface area contributed by atoms with Crippen LogP contribution < -0.4 is 5.32 Å². The zero-order valence-corrected chi connectivity index (χ0v) is 8.88. The third kappa shape index (κ3) is 3.56. The van der Waals surface area contributed by atoms with E-state index in [-0.39, 0.29) is 6.54 Å². The van der Waals surface area contributed by atoms with Gasteiger partial charge in [-0.2, -0.15) is 0 Å². The van der Waals surface area contributed by atoms with Gasteiger partial charge in [0.05, 0.1) is 11.9 Å². The minimum absolute atomic E-state index is 0.317. The second-order valence-electron chi connectivity index (χ2n) is 3.08. The highest BCUT2D eigenvalue weighted by Crippen LogP contribution is 2.04. The summed E-state index contributed by atoms with van der Waals surface area (Å²) < 4.78 is 0. The molecule has 0 aliphatic carbocycles. The number of carbonyl (C=O) groups excluding carboxylic acids is 1. The Morgan fingerprint density at radius 3 is 2.81 bits per heavy atom. The highest BCUT2D eigenvalue weighted by atomic mass is 16.4. The van der Waals surface area contributed by atoms with Crippen LogP contribution in [0.5, 0.6) is 0 Å². The van der Waals surface area contributed by atoms with Gasteiger partial charge in [-0.25, -0.2) is 4.79 Å². The minimum atomic E-state index is -1.04. The summed E-state index contributed by atoms with van der Waals surface area (Å²) in [5, 5.41) is 11.2. The van der Waals surface area contributed by atoms with Crippen LogP contribution in [0, 0.1) is 0 Å². The van der Waals surface area contributed by atoms with Crippen LogP contribution in [0.4, 0.5) is 10.5 Å². The van der Waals surface area contributed by atoms with E-state index >= 15 is 0 Å². The van der Waals surface area contributed by atoms with Gasteiger partial charge in [-0.05, 0) is 19.1 Å². The topological polar surface area (TPSA) is 82.5 Å². The molecule has 86 valence electrons. The van der Waals surface area contributed by atoms with Crippen molar-refractivity contribution in [1.29, 1.82) is 0 Å². The summed E-state index contributed by atoms with van der Waals surface area (Å²) in [6, 6.07) is 2.92. The maximum absolute atomic E-state index is 11.6. The summed E-state index contributed by atoms with van der Waals surface area (Å²) in [6.07, 6.45) is 3.08. The number of nitrogens with one attached hydrogen (secondary N) is 1. The predicted octanol–water partition coefficient (Wildman–Crippen LogP) is 1.02. The summed E-state index contributed by atoms with van der Waals surface area (Å²) in [4.78, 5) is 27.1. The number of carboxylic acids is 1. The highest BCUT2D eigenvalue weighted by Gasteiger charge is 2.14. The zero-order valence-electron chi connectivity index (χ0n) is 8.88. The first-order valence-electron chi connectivity index (χ1n) is 4.81. The van der Waals surface area contributed by atoms with Gasteiger partial charge in [0.15, 0.2) is 0 Å². The number of hydrogen-bond acceptors (Lipinski definition) is 3. The van der Waals surface area contributed by atoms with Gasteiger partial charge in [0.1, 0.15) is 6.54 Å². The van der Waals surface area contributed by atoms with Gasteiger partial charge in [0.2, 0.25) is 0 Å². The Bertz CT molecular complexity index is 367. The van der Waals surface area contributed by atoms with E-state index in [1.165, 1.54) is 11.1 Å². The molecule has 6 nitrogen and oxygen atoms in total. The van der Waals surface area contributed by atoms with Gasteiger partial charge in [-0.1, -0.05) is 0 Å². The molecule has 2 amide bonds. The van der Waals surface area contributed by atoms with E-state index < -0.39 is 12.0 Å². The Morgan fingerprint density at radius 2 is 2.31 bits per heavy atom. The minimum Gasteiger partial charge on any atom is -0.480 e. The summed E-state index contributed by atoms with van der Waals surface area (Å²) in [6.45, 7) is 1.73. The first-order valence-corrected chi connectivity index (χ1v) is 4.81. The average molecular weight is 223 g/mol. The summed E-state index contributed by atoms with van der Waals surface area (Å²) >= 11 is 0. The molecule has 1 heterocycles. The van der Waals surface area contributed by atoms with Crippen molar-refractivity contribution < 1.29 is 14.7 Å². The highest BCUT2D eigenvalue weighted by molar-refractivity contribution is 5.91. The molecule has 1 aromatic rings. The molecule has 2 N–H and O–H groups in total. The molecule has 0 spiro atoms. The fraction of sp³-hybridized carbons (Fsp3) is 0.300. The van der Waals surface area contributed by atoms with E-state index in [0.717, 1.165) is 0 Å². The number of rotatable bonds is 4. The number of carboxylic acid groups (broad SMARTS) is 1. The molecule has 0 bridgehead atoms. The Balaban J connectivity index is 2.59. The van der Waals surface area contributed by atoms with Gasteiger partial charge in [0.25, 0.3) is 0 Å². The van der Waals surface area contributed by atoms with E-state index in [4.69, 9.17) is 5.11 Å². The van der Waals surface area contributed by atoms with Crippen molar-refractivity contribution in [2.75, 3.05) is 18.4 Å². The first-order chi connectivity index (χ1) is 7.63. The maximum Gasteiger partial charge on any atom is 0.323 e. The van der Waals surface area contributed by atoms with Crippen molar-refractivity contribution in [2.24, 2.45) is 0 Å². The molecule has 0 saturated carbocycles. The second-order valence-corrected chi connectivity index (χ2v) is 3.08. The lowest BCUT2D eigenvalue weighted by Gasteiger charge is -2.18. The van der Waals surface area contributed by atoms with E-state index in [9.17, 15) is 9.59 Å². The van der Waals surface area contributed by atoms with Gasteiger partial charge >= 0.3 is 12.0 Å². The lowest BCUT2D eigenvalue weighted by atomic mass is 10.4. The molecule has 6 heteroatoms. The molecule has 16 heavy (non-hydrogen) atoms. The van der Waals surface area contributed by atoms with Crippen LogP contribution in [0.25, 0.3) is 0 Å².